The molecule has 0 saturated heterocycles. The summed E-state index contributed by atoms with van der Waals surface area (Å²) in [7, 11) is -2.31. The number of halogens is 2. The van der Waals surface area contributed by atoms with Gasteiger partial charge in [0, 0.05) is 23.6 Å². The van der Waals surface area contributed by atoms with E-state index in [0.717, 1.165) is 10.6 Å². The van der Waals surface area contributed by atoms with Gasteiger partial charge in [0.05, 0.1) is 11.9 Å². The Morgan fingerprint density at radius 3 is 2.20 bits per heavy atom. The van der Waals surface area contributed by atoms with Gasteiger partial charge >= 0.3 is 0 Å². The molecular weight excluding hydrogens is 449 g/mol. The Morgan fingerprint density at radius 1 is 1.07 bits per heavy atom. The first-order valence-corrected chi connectivity index (χ1v) is 11.6. The lowest BCUT2D eigenvalue weighted by atomic mass is 10.1. The molecule has 2 rings (SSSR count). The quantitative estimate of drug-likeness (QED) is 0.640. The second kappa shape index (κ2) is 10.1. The van der Waals surface area contributed by atoms with Gasteiger partial charge in [-0.2, -0.15) is 0 Å². The Hall–Kier alpha value is -2.29. The van der Waals surface area contributed by atoms with Crippen LogP contribution in [0.15, 0.2) is 48.5 Å². The van der Waals surface area contributed by atoms with E-state index < -0.39 is 28.5 Å². The number of anilines is 1. The molecule has 2 aromatic carbocycles. The Balaban J connectivity index is 2.38. The fraction of sp³-hybridized carbons (Fsp3) is 0.300. The highest BCUT2D eigenvalue weighted by Gasteiger charge is 2.30. The van der Waals surface area contributed by atoms with Gasteiger partial charge in [0.15, 0.2) is 0 Å². The van der Waals surface area contributed by atoms with E-state index in [0.29, 0.717) is 21.3 Å². The molecule has 0 aliphatic rings. The van der Waals surface area contributed by atoms with Gasteiger partial charge in [0.1, 0.15) is 12.6 Å². The van der Waals surface area contributed by atoms with E-state index in [9.17, 15) is 18.0 Å². The van der Waals surface area contributed by atoms with Gasteiger partial charge in [-0.25, -0.2) is 8.42 Å². The summed E-state index contributed by atoms with van der Waals surface area (Å²) in [5, 5.41) is 3.39. The van der Waals surface area contributed by atoms with Crippen molar-refractivity contribution >= 4 is 50.7 Å². The largest absolute Gasteiger partial charge is 0.357 e. The first-order valence-electron chi connectivity index (χ1n) is 9.02. The maximum atomic E-state index is 13.2. The van der Waals surface area contributed by atoms with Crippen molar-refractivity contribution in [3.8, 4) is 0 Å². The van der Waals surface area contributed by atoms with Crippen LogP contribution in [0, 0.1) is 0 Å². The first kappa shape index (κ1) is 24.0. The van der Waals surface area contributed by atoms with Crippen LogP contribution in [0.25, 0.3) is 0 Å². The molecule has 0 spiro atoms. The maximum absolute atomic E-state index is 13.2. The van der Waals surface area contributed by atoms with Crippen molar-refractivity contribution in [2.24, 2.45) is 0 Å². The molecule has 0 aliphatic heterocycles. The lowest BCUT2D eigenvalue weighted by Gasteiger charge is -2.31. The zero-order valence-corrected chi connectivity index (χ0v) is 19.1. The van der Waals surface area contributed by atoms with Crippen molar-refractivity contribution in [1.82, 2.24) is 10.2 Å². The van der Waals surface area contributed by atoms with Crippen molar-refractivity contribution in [1.29, 1.82) is 0 Å². The van der Waals surface area contributed by atoms with Crippen LogP contribution in [-0.2, 0) is 26.2 Å². The number of sulfonamides is 1. The molecule has 0 saturated carbocycles. The molecule has 2 aromatic rings. The lowest BCUT2D eigenvalue weighted by Crippen LogP contribution is -2.50. The van der Waals surface area contributed by atoms with Gasteiger partial charge in [-0.3, -0.25) is 13.9 Å². The topological polar surface area (TPSA) is 86.8 Å². The first-order chi connectivity index (χ1) is 14.0. The molecule has 0 bridgehead atoms. The average molecular weight is 472 g/mol. The van der Waals surface area contributed by atoms with Gasteiger partial charge in [-0.1, -0.05) is 41.4 Å². The number of nitrogens with one attached hydrogen (secondary N) is 1. The van der Waals surface area contributed by atoms with Crippen LogP contribution in [0.5, 0.6) is 0 Å². The summed E-state index contributed by atoms with van der Waals surface area (Å²) < 4.78 is 25.7. The summed E-state index contributed by atoms with van der Waals surface area (Å²) in [5.74, 6) is -0.931. The summed E-state index contributed by atoms with van der Waals surface area (Å²) in [5.41, 5.74) is 0.932. The third-order valence-corrected chi connectivity index (χ3v) is 6.27. The predicted octanol–water partition coefficient (Wildman–Crippen LogP) is 2.92. The number of carbonyl (C=O) groups excluding carboxylic acids is 2. The molecule has 0 fully saturated rings. The molecule has 0 aromatic heterocycles. The Morgan fingerprint density at radius 2 is 1.67 bits per heavy atom. The number of carbonyl (C=O) groups is 2. The fourth-order valence-electron chi connectivity index (χ4n) is 2.82. The lowest BCUT2D eigenvalue weighted by molar-refractivity contribution is -0.139. The van der Waals surface area contributed by atoms with Gasteiger partial charge in [0.2, 0.25) is 21.8 Å². The van der Waals surface area contributed by atoms with E-state index >= 15 is 0 Å². The van der Waals surface area contributed by atoms with Crippen molar-refractivity contribution in [2.45, 2.75) is 19.5 Å². The van der Waals surface area contributed by atoms with Crippen molar-refractivity contribution in [3.63, 3.8) is 0 Å². The molecule has 10 heteroatoms. The highest BCUT2D eigenvalue weighted by molar-refractivity contribution is 7.92. The molecule has 0 aliphatic carbocycles. The minimum Gasteiger partial charge on any atom is -0.357 e. The second-order valence-electron chi connectivity index (χ2n) is 6.65. The molecule has 162 valence electrons. The number of hydrogen-bond acceptors (Lipinski definition) is 4. The zero-order chi connectivity index (χ0) is 22.5. The highest BCUT2D eigenvalue weighted by Crippen LogP contribution is 2.22. The third kappa shape index (κ3) is 6.10. The molecular formula is C20H23Cl2N3O4S. The molecule has 2 amide bonds. The number of amides is 2. The summed E-state index contributed by atoms with van der Waals surface area (Å²) >= 11 is 12.1. The van der Waals surface area contributed by atoms with E-state index in [-0.39, 0.29) is 12.5 Å². The SMILES string of the molecule is CNC(=O)[C@H](C)N(Cc1ccccc1Cl)C(=O)CN(c1ccc(Cl)cc1)S(C)(=O)=O. The minimum atomic E-state index is -3.78. The second-order valence-corrected chi connectivity index (χ2v) is 9.40. The third-order valence-electron chi connectivity index (χ3n) is 4.51. The Labute approximate surface area is 186 Å². The normalized spacial score (nSPS) is 12.2. The molecule has 1 N–H and O–H groups in total. The van der Waals surface area contributed by atoms with Crippen LogP contribution in [0.1, 0.15) is 12.5 Å². The maximum Gasteiger partial charge on any atom is 0.244 e. The van der Waals surface area contributed by atoms with Gasteiger partial charge in [-0.15, -0.1) is 0 Å². The minimum absolute atomic E-state index is 0.0469. The Kier molecular flexibility index (Phi) is 8.11. The van der Waals surface area contributed by atoms with E-state index in [1.54, 1.807) is 31.2 Å². The number of hydrogen-bond donors (Lipinski definition) is 1. The van der Waals surface area contributed by atoms with E-state index in [1.807, 2.05) is 0 Å². The van der Waals surface area contributed by atoms with Gasteiger partial charge in [-0.05, 0) is 42.8 Å². The summed E-state index contributed by atoms with van der Waals surface area (Å²) in [6, 6.07) is 12.2. The standard InChI is InChI=1S/C20H23Cl2N3O4S/c1-14(20(27)23-2)24(12-15-6-4-5-7-18(15)22)19(26)13-25(30(3,28)29)17-10-8-16(21)9-11-17/h4-11,14H,12-13H2,1-3H3,(H,23,27)/t14-/m0/s1. The predicted molar refractivity (Wildman–Crippen MR) is 119 cm³/mol. The fourth-order valence-corrected chi connectivity index (χ4v) is 3.99. The van der Waals surface area contributed by atoms with Crippen LogP contribution in [0.3, 0.4) is 0 Å². The van der Waals surface area contributed by atoms with Gasteiger partial charge < -0.3 is 10.2 Å². The summed E-state index contributed by atoms with van der Waals surface area (Å²) in [6.45, 7) is 1.14. The van der Waals surface area contributed by atoms with Crippen molar-refractivity contribution in [2.75, 3.05) is 24.2 Å². The van der Waals surface area contributed by atoms with Crippen LogP contribution < -0.4 is 9.62 Å². The van der Waals surface area contributed by atoms with E-state index in [2.05, 4.69) is 5.32 Å². The molecule has 1 atom stereocenters. The molecule has 0 unspecified atom stereocenters. The van der Waals surface area contributed by atoms with E-state index in [4.69, 9.17) is 23.2 Å². The van der Waals surface area contributed by atoms with E-state index in [1.165, 1.54) is 36.2 Å². The molecule has 30 heavy (non-hydrogen) atoms. The Bertz CT molecular complexity index is 1010. The van der Waals surface area contributed by atoms with Crippen LogP contribution in [0.4, 0.5) is 5.69 Å². The molecule has 0 heterocycles. The van der Waals surface area contributed by atoms with Crippen LogP contribution in [0.2, 0.25) is 10.0 Å². The summed E-state index contributed by atoms with van der Waals surface area (Å²) in [4.78, 5) is 26.7. The average Bonchev–Trinajstić information content (AvgIpc) is 2.70. The smallest absolute Gasteiger partial charge is 0.244 e. The number of rotatable bonds is 8. The monoisotopic (exact) mass is 471 g/mol. The van der Waals surface area contributed by atoms with Crippen LogP contribution >= 0.6 is 23.2 Å². The number of nitrogens with zero attached hydrogens (tertiary/aromatic N) is 2. The van der Waals surface area contributed by atoms with Crippen molar-refractivity contribution in [3.05, 3.63) is 64.1 Å². The number of likely N-dealkylation sites (N-methyl/N-ethyl adjacent to an activating group) is 1. The van der Waals surface area contributed by atoms with Crippen molar-refractivity contribution < 1.29 is 18.0 Å². The van der Waals surface area contributed by atoms with Gasteiger partial charge in [0.25, 0.3) is 0 Å². The number of benzene rings is 2. The summed E-state index contributed by atoms with van der Waals surface area (Å²) in [6.07, 6.45) is 1.01. The molecule has 0 radical (unpaired) electrons. The van der Waals surface area contributed by atoms with Crippen LogP contribution in [-0.4, -0.2) is 51.0 Å². The molecule has 7 nitrogen and oxygen atoms in total. The highest BCUT2D eigenvalue weighted by atomic mass is 35.5. The zero-order valence-electron chi connectivity index (χ0n) is 16.8.